The van der Waals surface area contributed by atoms with Gasteiger partial charge in [0.1, 0.15) is 0 Å². The SMILES string of the molecule is O=C(O)c1c(Br)sc2c1CCC1(CCCC1)C2. The smallest absolute Gasteiger partial charge is 0.338 e. The zero-order chi connectivity index (χ0) is 12.0. The molecule has 0 saturated heterocycles. The van der Waals surface area contributed by atoms with Crippen LogP contribution in [0.5, 0.6) is 0 Å². The Morgan fingerprint density at radius 3 is 2.65 bits per heavy atom. The second-order valence-electron chi connectivity index (χ2n) is 5.34. The summed E-state index contributed by atoms with van der Waals surface area (Å²) in [5, 5.41) is 9.24. The largest absolute Gasteiger partial charge is 0.478 e. The molecule has 0 atom stereocenters. The molecule has 1 heterocycles. The molecule has 17 heavy (non-hydrogen) atoms. The molecule has 0 bridgehead atoms. The number of carboxylic acid groups (broad SMARTS) is 1. The van der Waals surface area contributed by atoms with Crippen molar-refractivity contribution in [3.05, 3.63) is 19.8 Å². The number of rotatable bonds is 1. The van der Waals surface area contributed by atoms with Crippen LogP contribution in [0.3, 0.4) is 0 Å². The number of carbonyl (C=O) groups is 1. The van der Waals surface area contributed by atoms with Gasteiger partial charge in [-0.05, 0) is 59.0 Å². The molecule has 1 aromatic rings. The fourth-order valence-electron chi connectivity index (χ4n) is 3.47. The fourth-order valence-corrected chi connectivity index (χ4v) is 5.70. The van der Waals surface area contributed by atoms with E-state index < -0.39 is 5.97 Å². The van der Waals surface area contributed by atoms with Crippen LogP contribution in [0.2, 0.25) is 0 Å². The van der Waals surface area contributed by atoms with Gasteiger partial charge in [-0.1, -0.05) is 12.8 Å². The maximum absolute atomic E-state index is 11.2. The van der Waals surface area contributed by atoms with Gasteiger partial charge in [0.15, 0.2) is 0 Å². The van der Waals surface area contributed by atoms with Crippen LogP contribution in [0.25, 0.3) is 0 Å². The highest BCUT2D eigenvalue weighted by molar-refractivity contribution is 9.11. The lowest BCUT2D eigenvalue weighted by atomic mass is 9.72. The zero-order valence-electron chi connectivity index (χ0n) is 9.59. The van der Waals surface area contributed by atoms with Gasteiger partial charge in [0.2, 0.25) is 0 Å². The minimum atomic E-state index is -0.781. The molecule has 1 spiro atoms. The summed E-state index contributed by atoms with van der Waals surface area (Å²) in [6, 6.07) is 0. The highest BCUT2D eigenvalue weighted by atomic mass is 79.9. The molecule has 0 aromatic carbocycles. The standard InChI is InChI=1S/C13H15BrO2S/c14-11-10(12(15)16)8-3-6-13(4-1-2-5-13)7-9(8)17-11/h1-7H2,(H,15,16). The third kappa shape index (κ3) is 1.85. The van der Waals surface area contributed by atoms with Crippen LogP contribution in [0.1, 0.15) is 52.9 Å². The Bertz CT molecular complexity index is 472. The lowest BCUT2D eigenvalue weighted by molar-refractivity contribution is 0.0694. The Labute approximate surface area is 113 Å². The van der Waals surface area contributed by atoms with Gasteiger partial charge in [0.05, 0.1) is 9.35 Å². The Hall–Kier alpha value is -0.350. The van der Waals surface area contributed by atoms with Gasteiger partial charge in [-0.2, -0.15) is 0 Å². The second kappa shape index (κ2) is 4.09. The quantitative estimate of drug-likeness (QED) is 0.841. The van der Waals surface area contributed by atoms with Gasteiger partial charge < -0.3 is 5.11 Å². The van der Waals surface area contributed by atoms with Gasteiger partial charge >= 0.3 is 5.97 Å². The predicted molar refractivity (Wildman–Crippen MR) is 71.9 cm³/mol. The van der Waals surface area contributed by atoms with Crippen LogP contribution in [-0.4, -0.2) is 11.1 Å². The molecule has 0 unspecified atom stereocenters. The molecule has 1 saturated carbocycles. The number of fused-ring (bicyclic) bond motifs is 1. The Balaban J connectivity index is 1.99. The van der Waals surface area contributed by atoms with Crippen LogP contribution in [0.15, 0.2) is 3.79 Å². The van der Waals surface area contributed by atoms with Gasteiger partial charge in [-0.15, -0.1) is 11.3 Å². The average Bonchev–Trinajstić information content (AvgIpc) is 2.82. The van der Waals surface area contributed by atoms with Crippen molar-refractivity contribution in [2.24, 2.45) is 5.41 Å². The van der Waals surface area contributed by atoms with Crippen molar-refractivity contribution in [2.45, 2.75) is 44.9 Å². The monoisotopic (exact) mass is 314 g/mol. The number of halogens is 1. The van der Waals surface area contributed by atoms with Gasteiger partial charge in [0, 0.05) is 4.88 Å². The molecule has 4 heteroatoms. The Morgan fingerprint density at radius 1 is 1.29 bits per heavy atom. The van der Waals surface area contributed by atoms with Crippen molar-refractivity contribution >= 4 is 33.2 Å². The molecule has 2 aliphatic carbocycles. The summed E-state index contributed by atoms with van der Waals surface area (Å²) in [6.45, 7) is 0. The van der Waals surface area contributed by atoms with E-state index in [1.54, 1.807) is 11.3 Å². The van der Waals surface area contributed by atoms with E-state index in [1.165, 1.54) is 37.0 Å². The van der Waals surface area contributed by atoms with Crippen LogP contribution >= 0.6 is 27.3 Å². The van der Waals surface area contributed by atoms with E-state index in [0.29, 0.717) is 11.0 Å². The molecule has 92 valence electrons. The molecular formula is C13H15BrO2S. The maximum atomic E-state index is 11.2. The number of carboxylic acids is 1. The van der Waals surface area contributed by atoms with Crippen molar-refractivity contribution in [1.29, 1.82) is 0 Å². The van der Waals surface area contributed by atoms with Crippen LogP contribution in [0.4, 0.5) is 0 Å². The minimum Gasteiger partial charge on any atom is -0.478 e. The van der Waals surface area contributed by atoms with E-state index in [9.17, 15) is 9.90 Å². The number of hydrogen-bond donors (Lipinski definition) is 1. The van der Waals surface area contributed by atoms with E-state index in [-0.39, 0.29) is 0 Å². The highest BCUT2D eigenvalue weighted by Crippen LogP contribution is 2.51. The summed E-state index contributed by atoms with van der Waals surface area (Å²) < 4.78 is 0.810. The molecule has 0 radical (unpaired) electrons. The minimum absolute atomic E-state index is 0.507. The first kappa shape index (κ1) is 11.7. The lowest BCUT2D eigenvalue weighted by Crippen LogP contribution is -2.25. The normalized spacial score (nSPS) is 21.7. The summed E-state index contributed by atoms with van der Waals surface area (Å²) in [5.74, 6) is -0.781. The lowest BCUT2D eigenvalue weighted by Gasteiger charge is -2.33. The maximum Gasteiger partial charge on any atom is 0.338 e. The van der Waals surface area contributed by atoms with Crippen molar-refractivity contribution < 1.29 is 9.90 Å². The van der Waals surface area contributed by atoms with Crippen molar-refractivity contribution in [1.82, 2.24) is 0 Å². The summed E-state index contributed by atoms with van der Waals surface area (Å²) in [5.41, 5.74) is 2.14. The van der Waals surface area contributed by atoms with Crippen molar-refractivity contribution in [3.8, 4) is 0 Å². The van der Waals surface area contributed by atoms with E-state index in [4.69, 9.17) is 0 Å². The summed E-state index contributed by atoms with van der Waals surface area (Å²) >= 11 is 5.05. The molecular weight excluding hydrogens is 300 g/mol. The van der Waals surface area contributed by atoms with Crippen LogP contribution in [-0.2, 0) is 12.8 Å². The molecule has 0 amide bonds. The molecule has 0 aliphatic heterocycles. The molecule has 1 fully saturated rings. The van der Waals surface area contributed by atoms with Gasteiger partial charge in [0.25, 0.3) is 0 Å². The van der Waals surface area contributed by atoms with Crippen LogP contribution < -0.4 is 0 Å². The fraction of sp³-hybridized carbons (Fsp3) is 0.615. The first-order valence-electron chi connectivity index (χ1n) is 6.15. The van der Waals surface area contributed by atoms with Crippen molar-refractivity contribution in [3.63, 3.8) is 0 Å². The van der Waals surface area contributed by atoms with E-state index >= 15 is 0 Å². The third-order valence-corrected chi connectivity index (χ3v) is 6.27. The highest BCUT2D eigenvalue weighted by Gasteiger charge is 2.39. The van der Waals surface area contributed by atoms with Crippen molar-refractivity contribution in [2.75, 3.05) is 0 Å². The first-order valence-corrected chi connectivity index (χ1v) is 7.76. The Kier molecular flexibility index (Phi) is 2.82. The predicted octanol–water partition coefficient (Wildman–Crippen LogP) is 4.26. The topological polar surface area (TPSA) is 37.3 Å². The van der Waals surface area contributed by atoms with Gasteiger partial charge in [-0.3, -0.25) is 0 Å². The molecule has 3 rings (SSSR count). The van der Waals surface area contributed by atoms with Gasteiger partial charge in [-0.25, -0.2) is 4.79 Å². The van der Waals surface area contributed by atoms with E-state index in [0.717, 1.165) is 22.2 Å². The molecule has 2 nitrogen and oxygen atoms in total. The summed E-state index contributed by atoms with van der Waals surface area (Å²) in [6.07, 6.45) is 8.64. The molecule has 1 aromatic heterocycles. The average molecular weight is 315 g/mol. The zero-order valence-corrected chi connectivity index (χ0v) is 12.0. The number of aromatic carboxylic acids is 1. The second-order valence-corrected chi connectivity index (χ2v) is 7.76. The summed E-state index contributed by atoms with van der Waals surface area (Å²) in [7, 11) is 0. The molecule has 2 aliphatic rings. The van der Waals surface area contributed by atoms with E-state index in [2.05, 4.69) is 15.9 Å². The third-order valence-electron chi connectivity index (χ3n) is 4.37. The number of hydrogen-bond acceptors (Lipinski definition) is 2. The van der Waals surface area contributed by atoms with E-state index in [1.807, 2.05) is 0 Å². The Morgan fingerprint density at radius 2 is 2.00 bits per heavy atom. The molecule has 1 N–H and O–H groups in total. The number of thiophene rings is 1. The first-order chi connectivity index (χ1) is 8.11. The van der Waals surface area contributed by atoms with Crippen LogP contribution in [0, 0.1) is 5.41 Å². The summed E-state index contributed by atoms with van der Waals surface area (Å²) in [4.78, 5) is 12.6.